The molecule has 0 aliphatic carbocycles. The number of nitrogens with zero attached hydrogens (tertiary/aromatic N) is 3. The first kappa shape index (κ1) is 19.2. The molecule has 2 aliphatic rings. The van der Waals surface area contributed by atoms with Gasteiger partial charge in [0, 0.05) is 44.7 Å². The quantitative estimate of drug-likeness (QED) is 0.795. The number of anilines is 1. The molecule has 0 bridgehead atoms. The maximum atomic E-state index is 5.61. The number of hydrogen-bond acceptors (Lipinski definition) is 6. The van der Waals surface area contributed by atoms with E-state index in [-0.39, 0.29) is 0 Å². The molecule has 0 saturated carbocycles. The van der Waals surface area contributed by atoms with Crippen LogP contribution in [0, 0.1) is 5.92 Å². The van der Waals surface area contributed by atoms with Crippen LogP contribution in [0.5, 0.6) is 5.75 Å². The highest BCUT2D eigenvalue weighted by Crippen LogP contribution is 2.29. The van der Waals surface area contributed by atoms with Gasteiger partial charge < -0.3 is 19.7 Å². The Bertz CT molecular complexity index is 743. The second kappa shape index (κ2) is 9.34. The SMILES string of the molecule is COc1ccc(N(Cc2cccnc2)C2CCCNC2)nc1C[C@@H]1CCOC1. The average Bonchev–Trinajstić information content (AvgIpc) is 3.26. The number of methoxy groups -OCH3 is 1. The third kappa shape index (κ3) is 4.62. The molecule has 0 spiro atoms. The highest BCUT2D eigenvalue weighted by Gasteiger charge is 2.25. The molecule has 28 heavy (non-hydrogen) atoms. The first-order valence-corrected chi connectivity index (χ1v) is 10.3. The molecule has 2 saturated heterocycles. The third-order valence-electron chi connectivity index (χ3n) is 5.73. The smallest absolute Gasteiger partial charge is 0.140 e. The van der Waals surface area contributed by atoms with Gasteiger partial charge in [-0.2, -0.15) is 0 Å². The lowest BCUT2D eigenvalue weighted by atomic mass is 10.0. The van der Waals surface area contributed by atoms with Crippen molar-refractivity contribution in [3.8, 4) is 5.75 Å². The number of ether oxygens (including phenoxy) is 2. The van der Waals surface area contributed by atoms with Crippen molar-refractivity contribution < 1.29 is 9.47 Å². The van der Waals surface area contributed by atoms with Crippen LogP contribution in [0.2, 0.25) is 0 Å². The minimum atomic E-state index is 0.428. The van der Waals surface area contributed by atoms with Gasteiger partial charge in [-0.15, -0.1) is 0 Å². The van der Waals surface area contributed by atoms with Crippen molar-refractivity contribution in [1.82, 2.24) is 15.3 Å². The van der Waals surface area contributed by atoms with Crippen LogP contribution in [0.15, 0.2) is 36.7 Å². The second-order valence-corrected chi connectivity index (χ2v) is 7.74. The van der Waals surface area contributed by atoms with Crippen molar-refractivity contribution in [2.45, 2.75) is 38.3 Å². The van der Waals surface area contributed by atoms with Crippen molar-refractivity contribution in [2.75, 3.05) is 38.3 Å². The van der Waals surface area contributed by atoms with Gasteiger partial charge in [-0.05, 0) is 61.9 Å². The topological polar surface area (TPSA) is 59.5 Å². The predicted molar refractivity (Wildman–Crippen MR) is 110 cm³/mol. The molecule has 4 heterocycles. The van der Waals surface area contributed by atoms with Crippen LogP contribution in [0.1, 0.15) is 30.5 Å². The summed E-state index contributed by atoms with van der Waals surface area (Å²) in [7, 11) is 1.73. The van der Waals surface area contributed by atoms with E-state index in [1.165, 1.54) is 18.4 Å². The van der Waals surface area contributed by atoms with E-state index in [1.54, 1.807) is 7.11 Å². The van der Waals surface area contributed by atoms with E-state index in [0.29, 0.717) is 12.0 Å². The molecule has 2 fully saturated rings. The van der Waals surface area contributed by atoms with Gasteiger partial charge in [-0.3, -0.25) is 4.98 Å². The first-order valence-electron chi connectivity index (χ1n) is 10.3. The molecule has 6 heteroatoms. The lowest BCUT2D eigenvalue weighted by molar-refractivity contribution is 0.185. The number of aromatic nitrogens is 2. The Labute approximate surface area is 167 Å². The zero-order chi connectivity index (χ0) is 19.2. The summed E-state index contributed by atoms with van der Waals surface area (Å²) in [6.07, 6.45) is 8.14. The highest BCUT2D eigenvalue weighted by molar-refractivity contribution is 5.46. The largest absolute Gasteiger partial charge is 0.495 e. The van der Waals surface area contributed by atoms with Crippen LogP contribution in [-0.4, -0.2) is 49.4 Å². The van der Waals surface area contributed by atoms with E-state index in [1.807, 2.05) is 18.5 Å². The molecule has 0 radical (unpaired) electrons. The van der Waals surface area contributed by atoms with E-state index in [2.05, 4.69) is 33.4 Å². The fraction of sp³-hybridized carbons (Fsp3) is 0.545. The van der Waals surface area contributed by atoms with Gasteiger partial charge in [0.05, 0.1) is 12.8 Å². The molecule has 2 atom stereocenters. The minimum absolute atomic E-state index is 0.428. The van der Waals surface area contributed by atoms with Gasteiger partial charge >= 0.3 is 0 Å². The van der Waals surface area contributed by atoms with Gasteiger partial charge in [0.15, 0.2) is 0 Å². The monoisotopic (exact) mass is 382 g/mol. The van der Waals surface area contributed by atoms with Crippen LogP contribution < -0.4 is 15.0 Å². The van der Waals surface area contributed by atoms with Crippen LogP contribution in [0.4, 0.5) is 5.82 Å². The standard InChI is InChI=1S/C22H30N4O2/c1-27-21-6-7-22(25-20(21)12-17-8-11-28-16-17)26(19-5-3-10-24-14-19)15-18-4-2-9-23-13-18/h2,4,6-7,9,13,17,19,24H,3,5,8,10-12,14-16H2,1H3/t17-,19?/m0/s1. The summed E-state index contributed by atoms with van der Waals surface area (Å²) < 4.78 is 11.2. The van der Waals surface area contributed by atoms with Crippen molar-refractivity contribution in [3.05, 3.63) is 47.9 Å². The fourth-order valence-electron chi connectivity index (χ4n) is 4.17. The molecule has 4 rings (SSSR count). The Balaban J connectivity index is 1.62. The maximum absolute atomic E-state index is 5.61. The summed E-state index contributed by atoms with van der Waals surface area (Å²) in [6.45, 7) is 4.57. The second-order valence-electron chi connectivity index (χ2n) is 7.74. The molecule has 150 valence electrons. The number of piperidine rings is 1. The summed E-state index contributed by atoms with van der Waals surface area (Å²) in [5.41, 5.74) is 2.24. The fourth-order valence-corrected chi connectivity index (χ4v) is 4.17. The molecule has 1 unspecified atom stereocenters. The van der Waals surface area contributed by atoms with Crippen LogP contribution in [0.3, 0.4) is 0 Å². The molecule has 2 aliphatic heterocycles. The van der Waals surface area contributed by atoms with Gasteiger partial charge in [0.1, 0.15) is 11.6 Å². The summed E-state index contributed by atoms with van der Waals surface area (Å²) in [6, 6.07) is 8.73. The average molecular weight is 383 g/mol. The van der Waals surface area contributed by atoms with E-state index >= 15 is 0 Å². The van der Waals surface area contributed by atoms with Crippen LogP contribution in [0.25, 0.3) is 0 Å². The van der Waals surface area contributed by atoms with Gasteiger partial charge in [0.25, 0.3) is 0 Å². The summed E-state index contributed by atoms with van der Waals surface area (Å²) in [5.74, 6) is 2.42. The minimum Gasteiger partial charge on any atom is -0.495 e. The van der Waals surface area contributed by atoms with Gasteiger partial charge in [-0.1, -0.05) is 6.07 Å². The van der Waals surface area contributed by atoms with E-state index < -0.39 is 0 Å². The normalized spacial score (nSPS) is 22.2. The van der Waals surface area contributed by atoms with Crippen molar-refractivity contribution in [3.63, 3.8) is 0 Å². The molecular weight excluding hydrogens is 352 g/mol. The predicted octanol–water partition coefficient (Wildman–Crippen LogP) is 2.82. The zero-order valence-corrected chi connectivity index (χ0v) is 16.6. The summed E-state index contributed by atoms with van der Waals surface area (Å²) in [5, 5.41) is 3.54. The number of nitrogens with one attached hydrogen (secondary N) is 1. The Morgan fingerprint density at radius 1 is 1.29 bits per heavy atom. The molecule has 2 aromatic rings. The molecule has 0 amide bonds. The Kier molecular flexibility index (Phi) is 6.39. The first-order chi connectivity index (χ1) is 13.8. The third-order valence-corrected chi connectivity index (χ3v) is 5.73. The number of rotatable bonds is 7. The Hall–Kier alpha value is -2.18. The highest BCUT2D eigenvalue weighted by atomic mass is 16.5. The zero-order valence-electron chi connectivity index (χ0n) is 16.6. The molecule has 0 aromatic carbocycles. The summed E-state index contributed by atoms with van der Waals surface area (Å²) >= 11 is 0. The lowest BCUT2D eigenvalue weighted by Gasteiger charge is -2.36. The van der Waals surface area contributed by atoms with Gasteiger partial charge in [0.2, 0.25) is 0 Å². The molecule has 6 nitrogen and oxygen atoms in total. The molecule has 2 aromatic heterocycles. The van der Waals surface area contributed by atoms with Crippen molar-refractivity contribution >= 4 is 5.82 Å². The number of pyridine rings is 2. The summed E-state index contributed by atoms with van der Waals surface area (Å²) in [4.78, 5) is 11.8. The Morgan fingerprint density at radius 2 is 2.25 bits per heavy atom. The van der Waals surface area contributed by atoms with Gasteiger partial charge in [-0.25, -0.2) is 4.98 Å². The van der Waals surface area contributed by atoms with E-state index in [4.69, 9.17) is 14.5 Å². The number of hydrogen-bond donors (Lipinski definition) is 1. The van der Waals surface area contributed by atoms with Crippen LogP contribution >= 0.6 is 0 Å². The lowest BCUT2D eigenvalue weighted by Crippen LogP contribution is -2.46. The molecular formula is C22H30N4O2. The Morgan fingerprint density at radius 3 is 2.96 bits per heavy atom. The van der Waals surface area contributed by atoms with E-state index in [9.17, 15) is 0 Å². The van der Waals surface area contributed by atoms with Crippen LogP contribution in [-0.2, 0) is 17.7 Å². The maximum Gasteiger partial charge on any atom is 0.140 e. The van der Waals surface area contributed by atoms with Crippen molar-refractivity contribution in [1.29, 1.82) is 0 Å². The van der Waals surface area contributed by atoms with Crippen molar-refractivity contribution in [2.24, 2.45) is 5.92 Å². The molecule has 1 N–H and O–H groups in total. The van der Waals surface area contributed by atoms with E-state index in [0.717, 1.165) is 63.0 Å².